The van der Waals surface area contributed by atoms with Crippen molar-refractivity contribution in [1.82, 2.24) is 19.7 Å². The Hall–Kier alpha value is -3.93. The predicted octanol–water partition coefficient (Wildman–Crippen LogP) is 4.05. The van der Waals surface area contributed by atoms with Crippen LogP contribution in [0, 0.1) is 0 Å². The number of amides is 1. The van der Waals surface area contributed by atoms with Crippen molar-refractivity contribution < 1.29 is 32.7 Å². The molecule has 1 atom stereocenters. The highest BCUT2D eigenvalue weighted by atomic mass is 35.5. The van der Waals surface area contributed by atoms with Gasteiger partial charge in [0.2, 0.25) is 5.91 Å². The van der Waals surface area contributed by atoms with Crippen LogP contribution < -0.4 is 11.0 Å². The fourth-order valence-electron chi connectivity index (χ4n) is 4.15. The van der Waals surface area contributed by atoms with E-state index in [9.17, 15) is 32.3 Å². The third-order valence-electron chi connectivity index (χ3n) is 6.21. The minimum absolute atomic E-state index is 0.0649. The van der Waals surface area contributed by atoms with Crippen LogP contribution in [0.1, 0.15) is 48.8 Å². The van der Waals surface area contributed by atoms with E-state index in [1.54, 1.807) is 24.3 Å². The summed E-state index contributed by atoms with van der Waals surface area (Å²) in [5.41, 5.74) is -0.960. The number of aliphatic carboxylic acids is 1. The van der Waals surface area contributed by atoms with Gasteiger partial charge in [-0.2, -0.15) is 13.2 Å². The maximum Gasteiger partial charge on any atom is 0.416 e. The summed E-state index contributed by atoms with van der Waals surface area (Å²) in [6.07, 6.45) is -4.07. The summed E-state index contributed by atoms with van der Waals surface area (Å²) in [5.74, 6) is -3.58. The molecule has 39 heavy (non-hydrogen) atoms. The van der Waals surface area contributed by atoms with Crippen LogP contribution in [0.25, 0.3) is 11.4 Å². The molecule has 13 heteroatoms. The first-order chi connectivity index (χ1) is 18.4. The molecule has 1 unspecified atom stereocenters. The van der Waals surface area contributed by atoms with Gasteiger partial charge < -0.3 is 10.4 Å². The van der Waals surface area contributed by atoms with E-state index in [0.29, 0.717) is 16.4 Å². The van der Waals surface area contributed by atoms with Crippen LogP contribution in [0.5, 0.6) is 0 Å². The van der Waals surface area contributed by atoms with Gasteiger partial charge in [0.05, 0.1) is 17.9 Å². The number of aromatic nitrogens is 3. The van der Waals surface area contributed by atoms with Crippen molar-refractivity contribution >= 4 is 29.3 Å². The minimum Gasteiger partial charge on any atom is -0.481 e. The Bertz CT molecular complexity index is 1450. The molecule has 206 valence electrons. The Morgan fingerprint density at radius 3 is 2.44 bits per heavy atom. The second kappa shape index (κ2) is 11.4. The van der Waals surface area contributed by atoms with Crippen LogP contribution in [0.3, 0.4) is 0 Å². The van der Waals surface area contributed by atoms with Gasteiger partial charge in [-0.05, 0) is 48.7 Å². The maximum absolute atomic E-state index is 13.3. The molecule has 1 heterocycles. The van der Waals surface area contributed by atoms with Crippen LogP contribution in [0.2, 0.25) is 5.02 Å². The highest BCUT2D eigenvalue weighted by molar-refractivity contribution is 6.30. The minimum atomic E-state index is -4.68. The van der Waals surface area contributed by atoms with Crippen LogP contribution in [-0.4, -0.2) is 43.7 Å². The average Bonchev–Trinajstić information content (AvgIpc) is 3.66. The monoisotopic (exact) mass is 564 g/mol. The zero-order valence-corrected chi connectivity index (χ0v) is 21.2. The van der Waals surface area contributed by atoms with Crippen LogP contribution in [-0.2, 0) is 27.1 Å². The van der Waals surface area contributed by atoms with Crippen molar-refractivity contribution in [2.45, 2.75) is 50.4 Å². The standard InChI is InChI=1S/C26H24ClF3N4O5/c27-18-6-4-15(5-7-18)23-32-33(25(39)34(23)19-8-9-19)14-20(35)13-21(24(38)31-11-10-22(36)37)16-2-1-3-17(12-16)26(28,29)30/h1-7,12,19,21H,8-11,13-14H2,(H,31,38)(H,36,37). The average molecular weight is 565 g/mol. The molecule has 1 aliphatic carbocycles. The molecule has 0 radical (unpaired) electrons. The Kier molecular flexibility index (Phi) is 8.24. The largest absolute Gasteiger partial charge is 0.481 e. The normalized spacial score (nSPS) is 14.2. The van der Waals surface area contributed by atoms with Gasteiger partial charge in [-0.1, -0.05) is 29.8 Å². The van der Waals surface area contributed by atoms with Crippen molar-refractivity contribution in [1.29, 1.82) is 0 Å². The molecule has 0 bridgehead atoms. The Morgan fingerprint density at radius 1 is 1.13 bits per heavy atom. The number of hydrogen-bond acceptors (Lipinski definition) is 5. The fraction of sp³-hybridized carbons (Fsp3) is 0.346. The highest BCUT2D eigenvalue weighted by Gasteiger charge is 2.33. The van der Waals surface area contributed by atoms with Gasteiger partial charge in [0, 0.05) is 29.6 Å². The first-order valence-corrected chi connectivity index (χ1v) is 12.5. The zero-order chi connectivity index (χ0) is 28.3. The quantitative estimate of drug-likeness (QED) is 0.362. The second-order valence-electron chi connectivity index (χ2n) is 9.23. The van der Waals surface area contributed by atoms with E-state index < -0.39 is 60.4 Å². The van der Waals surface area contributed by atoms with E-state index in [1.807, 2.05) is 0 Å². The van der Waals surface area contributed by atoms with Crippen molar-refractivity contribution in [3.05, 3.63) is 75.2 Å². The van der Waals surface area contributed by atoms with E-state index in [2.05, 4.69) is 10.4 Å². The summed E-state index contributed by atoms with van der Waals surface area (Å²) in [4.78, 5) is 49.9. The summed E-state index contributed by atoms with van der Waals surface area (Å²) in [5, 5.41) is 16.0. The van der Waals surface area contributed by atoms with Crippen molar-refractivity contribution in [2.75, 3.05) is 6.54 Å². The Labute approximate surface area is 225 Å². The molecule has 3 aromatic rings. The van der Waals surface area contributed by atoms with E-state index in [-0.39, 0.29) is 18.2 Å². The summed E-state index contributed by atoms with van der Waals surface area (Å²) in [6.45, 7) is -0.773. The molecule has 1 fully saturated rings. The predicted molar refractivity (Wildman–Crippen MR) is 134 cm³/mol. The lowest BCUT2D eigenvalue weighted by atomic mass is 9.91. The molecule has 2 aromatic carbocycles. The van der Waals surface area contributed by atoms with Crippen LogP contribution in [0.15, 0.2) is 53.3 Å². The second-order valence-corrected chi connectivity index (χ2v) is 9.66. The number of carboxylic acid groups (broad SMARTS) is 1. The van der Waals surface area contributed by atoms with E-state index >= 15 is 0 Å². The number of carboxylic acids is 1. The summed E-state index contributed by atoms with van der Waals surface area (Å²) in [7, 11) is 0. The zero-order valence-electron chi connectivity index (χ0n) is 20.4. The van der Waals surface area contributed by atoms with Gasteiger partial charge in [-0.15, -0.1) is 5.10 Å². The molecular weight excluding hydrogens is 541 g/mol. The molecule has 1 aliphatic rings. The maximum atomic E-state index is 13.3. The van der Waals surface area contributed by atoms with Crippen molar-refractivity contribution in [3.8, 4) is 11.4 Å². The molecule has 1 amide bonds. The lowest BCUT2D eigenvalue weighted by molar-refractivity contribution is -0.138. The molecule has 9 nitrogen and oxygen atoms in total. The molecule has 0 aliphatic heterocycles. The van der Waals surface area contributed by atoms with Crippen LogP contribution in [0.4, 0.5) is 13.2 Å². The Balaban J connectivity index is 1.59. The molecule has 1 aromatic heterocycles. The molecule has 1 saturated carbocycles. The van der Waals surface area contributed by atoms with Crippen LogP contribution >= 0.6 is 11.6 Å². The van der Waals surface area contributed by atoms with Gasteiger partial charge >= 0.3 is 17.8 Å². The number of nitrogens with zero attached hydrogens (tertiary/aromatic N) is 3. The van der Waals surface area contributed by atoms with Crippen molar-refractivity contribution in [2.24, 2.45) is 0 Å². The highest BCUT2D eigenvalue weighted by Crippen LogP contribution is 2.37. The molecule has 2 N–H and O–H groups in total. The SMILES string of the molecule is O=C(O)CCNC(=O)C(CC(=O)Cn1nc(-c2ccc(Cl)cc2)n(C2CC2)c1=O)c1cccc(C(F)(F)F)c1. The van der Waals surface area contributed by atoms with E-state index in [0.717, 1.165) is 35.7 Å². The van der Waals surface area contributed by atoms with Gasteiger partial charge in [-0.3, -0.25) is 19.0 Å². The number of carbonyl (C=O) groups is 3. The smallest absolute Gasteiger partial charge is 0.416 e. The lowest BCUT2D eigenvalue weighted by Gasteiger charge is -2.18. The molecule has 0 saturated heterocycles. The van der Waals surface area contributed by atoms with Crippen molar-refractivity contribution in [3.63, 3.8) is 0 Å². The Morgan fingerprint density at radius 2 is 1.82 bits per heavy atom. The number of carbonyl (C=O) groups excluding carboxylic acids is 2. The van der Waals surface area contributed by atoms with E-state index in [1.165, 1.54) is 10.6 Å². The van der Waals surface area contributed by atoms with Gasteiger partial charge in [-0.25, -0.2) is 9.48 Å². The number of nitrogens with one attached hydrogen (secondary N) is 1. The number of benzene rings is 2. The van der Waals surface area contributed by atoms with Gasteiger partial charge in [0.15, 0.2) is 11.6 Å². The third kappa shape index (κ3) is 6.94. The number of Topliss-reactive ketones (excluding diaryl/α,β-unsaturated/α-hetero) is 1. The fourth-order valence-corrected chi connectivity index (χ4v) is 4.28. The molecule has 0 spiro atoms. The number of halogens is 4. The number of alkyl halides is 3. The third-order valence-corrected chi connectivity index (χ3v) is 6.47. The van der Waals surface area contributed by atoms with Gasteiger partial charge in [0.25, 0.3) is 0 Å². The summed E-state index contributed by atoms with van der Waals surface area (Å²) >= 11 is 5.96. The number of hydrogen-bond donors (Lipinski definition) is 2. The first kappa shape index (κ1) is 28.1. The number of ketones is 1. The summed E-state index contributed by atoms with van der Waals surface area (Å²) in [6, 6.07) is 10.6. The lowest BCUT2D eigenvalue weighted by Crippen LogP contribution is -2.34. The first-order valence-electron chi connectivity index (χ1n) is 12.1. The summed E-state index contributed by atoms with van der Waals surface area (Å²) < 4.78 is 42.4. The molecule has 4 rings (SSSR count). The topological polar surface area (TPSA) is 123 Å². The van der Waals surface area contributed by atoms with Gasteiger partial charge in [0.1, 0.15) is 6.54 Å². The number of rotatable bonds is 11. The molecular formula is C26H24ClF3N4O5. The van der Waals surface area contributed by atoms with E-state index in [4.69, 9.17) is 16.7 Å².